The third kappa shape index (κ3) is 3.82. The van der Waals surface area contributed by atoms with Crippen LogP contribution in [0.5, 0.6) is 5.75 Å². The highest BCUT2D eigenvalue weighted by Gasteiger charge is 2.51. The third-order valence-electron chi connectivity index (χ3n) is 5.12. The van der Waals surface area contributed by atoms with Gasteiger partial charge in [-0.1, -0.05) is 30.3 Å². The molecule has 142 valence electrons. The van der Waals surface area contributed by atoms with Crippen molar-refractivity contribution in [3.05, 3.63) is 60.2 Å². The Morgan fingerprint density at radius 1 is 1.15 bits per heavy atom. The Labute approximate surface area is 159 Å². The number of ketones is 1. The average Bonchev–Trinajstić information content (AvgIpc) is 3.14. The average molecular weight is 367 g/mol. The summed E-state index contributed by atoms with van der Waals surface area (Å²) in [7, 11) is 1.61. The second-order valence-corrected chi connectivity index (χ2v) is 6.73. The van der Waals surface area contributed by atoms with Crippen molar-refractivity contribution in [1.29, 1.82) is 0 Å². The van der Waals surface area contributed by atoms with Gasteiger partial charge in [-0.15, -0.1) is 0 Å². The molecular weight excluding hydrogens is 342 g/mol. The standard InChI is InChI=1S/C22H25NO4/c1-3-27-21(25)22(16-7-5-4-6-8-16,17-9-12-19(24)15-17)23-18-10-13-20(26-2)14-11-18/h4-8,10-11,13-14,17,23H,3,9,12,15H2,1-2H3. The molecule has 1 aliphatic carbocycles. The van der Waals surface area contributed by atoms with Crippen LogP contribution in [0.25, 0.3) is 0 Å². The maximum Gasteiger partial charge on any atom is 0.336 e. The molecule has 2 atom stereocenters. The van der Waals surface area contributed by atoms with E-state index in [0.29, 0.717) is 19.3 Å². The lowest BCUT2D eigenvalue weighted by Crippen LogP contribution is -2.50. The first-order valence-corrected chi connectivity index (χ1v) is 9.26. The van der Waals surface area contributed by atoms with E-state index >= 15 is 0 Å². The van der Waals surface area contributed by atoms with E-state index in [4.69, 9.17) is 9.47 Å². The second-order valence-electron chi connectivity index (χ2n) is 6.73. The highest BCUT2D eigenvalue weighted by molar-refractivity contribution is 5.90. The Morgan fingerprint density at radius 2 is 1.85 bits per heavy atom. The molecule has 0 spiro atoms. The van der Waals surface area contributed by atoms with Gasteiger partial charge in [0.2, 0.25) is 0 Å². The summed E-state index contributed by atoms with van der Waals surface area (Å²) in [5, 5.41) is 3.42. The predicted octanol–water partition coefficient (Wildman–Crippen LogP) is 3.93. The number of nitrogens with one attached hydrogen (secondary N) is 1. The topological polar surface area (TPSA) is 64.6 Å². The van der Waals surface area contributed by atoms with Crippen molar-refractivity contribution in [1.82, 2.24) is 0 Å². The molecule has 2 aromatic rings. The normalized spacial score (nSPS) is 18.6. The van der Waals surface area contributed by atoms with Crippen molar-refractivity contribution in [2.75, 3.05) is 19.0 Å². The molecule has 5 heteroatoms. The summed E-state index contributed by atoms with van der Waals surface area (Å²) in [6, 6.07) is 16.9. The maximum absolute atomic E-state index is 13.3. The SMILES string of the molecule is CCOC(=O)C(Nc1ccc(OC)cc1)(c1ccccc1)C1CCC(=O)C1. The zero-order chi connectivity index (χ0) is 19.3. The van der Waals surface area contributed by atoms with E-state index in [0.717, 1.165) is 17.0 Å². The van der Waals surface area contributed by atoms with E-state index in [1.807, 2.05) is 54.6 Å². The van der Waals surface area contributed by atoms with Crippen molar-refractivity contribution in [3.63, 3.8) is 0 Å². The van der Waals surface area contributed by atoms with Gasteiger partial charge in [0, 0.05) is 24.4 Å². The minimum atomic E-state index is -1.11. The van der Waals surface area contributed by atoms with E-state index in [9.17, 15) is 9.59 Å². The third-order valence-corrected chi connectivity index (χ3v) is 5.12. The van der Waals surface area contributed by atoms with Crippen molar-refractivity contribution in [2.24, 2.45) is 5.92 Å². The zero-order valence-corrected chi connectivity index (χ0v) is 15.7. The summed E-state index contributed by atoms with van der Waals surface area (Å²) in [5.41, 5.74) is 0.462. The zero-order valence-electron chi connectivity index (χ0n) is 15.7. The fourth-order valence-electron chi connectivity index (χ4n) is 3.78. The van der Waals surface area contributed by atoms with Gasteiger partial charge in [-0.3, -0.25) is 4.79 Å². The fraction of sp³-hybridized carbons (Fsp3) is 0.364. The van der Waals surface area contributed by atoms with Gasteiger partial charge >= 0.3 is 5.97 Å². The van der Waals surface area contributed by atoms with E-state index in [2.05, 4.69) is 5.32 Å². The molecule has 1 N–H and O–H groups in total. The largest absolute Gasteiger partial charge is 0.497 e. The molecule has 1 aliphatic rings. The number of rotatable bonds is 7. The molecule has 2 aromatic carbocycles. The molecule has 1 saturated carbocycles. The highest BCUT2D eigenvalue weighted by atomic mass is 16.5. The Bertz CT molecular complexity index is 788. The first-order chi connectivity index (χ1) is 13.1. The lowest BCUT2D eigenvalue weighted by Gasteiger charge is -2.38. The number of esters is 1. The fourth-order valence-corrected chi connectivity index (χ4v) is 3.78. The van der Waals surface area contributed by atoms with Crippen LogP contribution < -0.4 is 10.1 Å². The molecule has 0 aliphatic heterocycles. The van der Waals surface area contributed by atoms with Crippen molar-refractivity contribution in [3.8, 4) is 5.75 Å². The maximum atomic E-state index is 13.3. The number of benzene rings is 2. The van der Waals surface area contributed by atoms with Crippen LogP contribution in [-0.2, 0) is 19.9 Å². The Kier molecular flexibility index (Phi) is 5.79. The first-order valence-electron chi connectivity index (χ1n) is 9.26. The molecule has 0 radical (unpaired) electrons. The van der Waals surface area contributed by atoms with Crippen LogP contribution in [0.15, 0.2) is 54.6 Å². The lowest BCUT2D eigenvalue weighted by atomic mass is 9.76. The molecule has 0 saturated heterocycles. The molecule has 0 amide bonds. The smallest absolute Gasteiger partial charge is 0.336 e. The quantitative estimate of drug-likeness (QED) is 0.751. The van der Waals surface area contributed by atoms with E-state index < -0.39 is 5.54 Å². The summed E-state index contributed by atoms with van der Waals surface area (Å²) in [6.45, 7) is 2.07. The number of anilines is 1. The molecule has 1 fully saturated rings. The van der Waals surface area contributed by atoms with Crippen LogP contribution in [0.4, 0.5) is 5.69 Å². The van der Waals surface area contributed by atoms with Gasteiger partial charge in [-0.2, -0.15) is 0 Å². The van der Waals surface area contributed by atoms with Crippen LogP contribution in [0, 0.1) is 5.92 Å². The number of methoxy groups -OCH3 is 1. The number of Topliss-reactive ketones (excluding diaryl/α,β-unsaturated/α-hetero) is 1. The van der Waals surface area contributed by atoms with Crippen LogP contribution in [0.1, 0.15) is 31.7 Å². The van der Waals surface area contributed by atoms with Gasteiger partial charge in [-0.05, 0) is 43.2 Å². The molecule has 0 heterocycles. The number of hydrogen-bond acceptors (Lipinski definition) is 5. The van der Waals surface area contributed by atoms with Crippen LogP contribution >= 0.6 is 0 Å². The van der Waals surface area contributed by atoms with Gasteiger partial charge in [0.05, 0.1) is 13.7 Å². The molecular formula is C22H25NO4. The van der Waals surface area contributed by atoms with Gasteiger partial charge in [-0.25, -0.2) is 4.79 Å². The summed E-state index contributed by atoms with van der Waals surface area (Å²) in [6.07, 6.45) is 1.50. The minimum Gasteiger partial charge on any atom is -0.497 e. The predicted molar refractivity (Wildman–Crippen MR) is 104 cm³/mol. The Hall–Kier alpha value is -2.82. The second kappa shape index (κ2) is 8.25. The summed E-state index contributed by atoms with van der Waals surface area (Å²) >= 11 is 0. The summed E-state index contributed by atoms with van der Waals surface area (Å²) in [5.74, 6) is 0.388. The van der Waals surface area contributed by atoms with E-state index in [-0.39, 0.29) is 24.3 Å². The Morgan fingerprint density at radius 3 is 2.41 bits per heavy atom. The van der Waals surface area contributed by atoms with E-state index in [1.54, 1.807) is 14.0 Å². The number of carbonyl (C=O) groups excluding carboxylic acids is 2. The number of ether oxygens (including phenoxy) is 2. The van der Waals surface area contributed by atoms with Crippen molar-refractivity contribution >= 4 is 17.4 Å². The van der Waals surface area contributed by atoms with Gasteiger partial charge < -0.3 is 14.8 Å². The minimum absolute atomic E-state index is 0.173. The van der Waals surface area contributed by atoms with Crippen molar-refractivity contribution in [2.45, 2.75) is 31.7 Å². The van der Waals surface area contributed by atoms with Gasteiger partial charge in [0.1, 0.15) is 11.5 Å². The van der Waals surface area contributed by atoms with E-state index in [1.165, 1.54) is 0 Å². The molecule has 27 heavy (non-hydrogen) atoms. The summed E-state index contributed by atoms with van der Waals surface area (Å²) < 4.78 is 10.7. The van der Waals surface area contributed by atoms with Gasteiger partial charge in [0.25, 0.3) is 0 Å². The summed E-state index contributed by atoms with van der Waals surface area (Å²) in [4.78, 5) is 25.3. The molecule has 2 unspecified atom stereocenters. The first kappa shape index (κ1) is 19.0. The molecule has 0 bridgehead atoms. The molecule has 3 rings (SSSR count). The number of hydrogen-bond donors (Lipinski definition) is 1. The van der Waals surface area contributed by atoms with Crippen LogP contribution in [-0.4, -0.2) is 25.5 Å². The lowest BCUT2D eigenvalue weighted by molar-refractivity contribution is -0.151. The van der Waals surface area contributed by atoms with Crippen LogP contribution in [0.2, 0.25) is 0 Å². The monoisotopic (exact) mass is 367 g/mol. The Balaban J connectivity index is 2.09. The molecule has 0 aromatic heterocycles. The van der Waals surface area contributed by atoms with Crippen LogP contribution in [0.3, 0.4) is 0 Å². The van der Waals surface area contributed by atoms with Crippen molar-refractivity contribution < 1.29 is 19.1 Å². The van der Waals surface area contributed by atoms with Gasteiger partial charge in [0.15, 0.2) is 5.54 Å². The molecule has 5 nitrogen and oxygen atoms in total. The highest BCUT2D eigenvalue weighted by Crippen LogP contribution is 2.43. The number of carbonyl (C=O) groups is 2.